The highest BCUT2D eigenvalue weighted by Crippen LogP contribution is 2.39. The van der Waals surface area contributed by atoms with E-state index in [1.807, 2.05) is 0 Å². The number of hydrogen-bond donors (Lipinski definition) is 0. The normalized spacial score (nSPS) is 40.1. The summed E-state index contributed by atoms with van der Waals surface area (Å²) in [7, 11) is 0. The minimum Gasteiger partial charge on any atom is -0.457 e. The molecule has 0 bridgehead atoms. The smallest absolute Gasteiger partial charge is 0.244 e. The van der Waals surface area contributed by atoms with Crippen molar-refractivity contribution in [1.82, 2.24) is 0 Å². The number of ether oxygens (including phenoxy) is 5. The van der Waals surface area contributed by atoms with Crippen LogP contribution in [0.5, 0.6) is 0 Å². The zero-order valence-electron chi connectivity index (χ0n) is 10.8. The van der Waals surface area contributed by atoms with Crippen LogP contribution in [0.4, 0.5) is 0 Å². The third-order valence-corrected chi connectivity index (χ3v) is 2.95. The minimum absolute atomic E-state index is 0.196. The van der Waals surface area contributed by atoms with E-state index in [1.54, 1.807) is 27.7 Å². The van der Waals surface area contributed by atoms with Gasteiger partial charge in [-0.3, -0.25) is 4.79 Å². The summed E-state index contributed by atoms with van der Waals surface area (Å²) in [6.45, 7) is 7.00. The number of fused-ring (bicyclic) bond motifs is 1. The predicted octanol–water partition coefficient (Wildman–Crippen LogP) is 1.06. The number of carbonyl (C=O) groups excluding carboxylic acids is 1. The van der Waals surface area contributed by atoms with Crippen LogP contribution < -0.4 is 0 Å². The molecule has 0 aliphatic carbocycles. The van der Waals surface area contributed by atoms with E-state index >= 15 is 0 Å². The number of ketones is 1. The number of carbonyl (C=O) groups is 1. The molecule has 3 aliphatic heterocycles. The Balaban J connectivity index is 1.74. The standard InChI is InChI=1S/C12H16O6/c1-11(2)14-5-6(16-11)8-7(13)9-10(15-8)18-12(3,4)17-9/h5,8-10H,1-4H3/t8-,9-,10-/m1/s1. The van der Waals surface area contributed by atoms with Crippen LogP contribution in [0.25, 0.3) is 0 Å². The Morgan fingerprint density at radius 2 is 1.83 bits per heavy atom. The Labute approximate surface area is 105 Å². The fourth-order valence-corrected chi connectivity index (χ4v) is 2.23. The molecule has 0 aromatic carbocycles. The molecule has 2 saturated heterocycles. The van der Waals surface area contributed by atoms with Crippen LogP contribution >= 0.6 is 0 Å². The maximum absolute atomic E-state index is 12.2. The van der Waals surface area contributed by atoms with E-state index in [1.165, 1.54) is 6.26 Å². The Morgan fingerprint density at radius 3 is 2.39 bits per heavy atom. The average Bonchev–Trinajstić information content (AvgIpc) is 2.81. The molecule has 0 radical (unpaired) electrons. The molecule has 2 fully saturated rings. The number of Topliss-reactive ketones (excluding diaryl/α,β-unsaturated/α-hetero) is 1. The summed E-state index contributed by atoms with van der Waals surface area (Å²) in [6, 6.07) is 0. The van der Waals surface area contributed by atoms with Crippen molar-refractivity contribution in [3.05, 3.63) is 12.0 Å². The summed E-state index contributed by atoms with van der Waals surface area (Å²) < 4.78 is 27.3. The molecule has 3 aliphatic rings. The van der Waals surface area contributed by atoms with Crippen molar-refractivity contribution in [2.45, 2.75) is 57.8 Å². The van der Waals surface area contributed by atoms with Gasteiger partial charge in [-0.25, -0.2) is 0 Å². The fraction of sp³-hybridized carbons (Fsp3) is 0.750. The lowest BCUT2D eigenvalue weighted by Gasteiger charge is -2.22. The van der Waals surface area contributed by atoms with Gasteiger partial charge in [0.15, 0.2) is 30.0 Å². The van der Waals surface area contributed by atoms with Crippen molar-refractivity contribution in [3.63, 3.8) is 0 Å². The lowest BCUT2D eigenvalue weighted by molar-refractivity contribution is -0.207. The van der Waals surface area contributed by atoms with Gasteiger partial charge in [-0.1, -0.05) is 0 Å². The molecular formula is C12H16O6. The predicted molar refractivity (Wildman–Crippen MR) is 58.0 cm³/mol. The second kappa shape index (κ2) is 3.46. The molecule has 3 atom stereocenters. The van der Waals surface area contributed by atoms with E-state index in [9.17, 15) is 4.79 Å². The highest BCUT2D eigenvalue weighted by Gasteiger charge is 2.56. The minimum atomic E-state index is -0.808. The lowest BCUT2D eigenvalue weighted by atomic mass is 10.1. The van der Waals surface area contributed by atoms with Crippen LogP contribution in [0.1, 0.15) is 27.7 Å². The van der Waals surface area contributed by atoms with Crippen LogP contribution in [0.3, 0.4) is 0 Å². The van der Waals surface area contributed by atoms with E-state index in [0.29, 0.717) is 5.76 Å². The zero-order chi connectivity index (χ0) is 13.1. The summed E-state index contributed by atoms with van der Waals surface area (Å²) in [5, 5.41) is 0. The molecule has 6 heteroatoms. The van der Waals surface area contributed by atoms with E-state index in [4.69, 9.17) is 23.7 Å². The largest absolute Gasteiger partial charge is 0.457 e. The van der Waals surface area contributed by atoms with Crippen molar-refractivity contribution in [1.29, 1.82) is 0 Å². The van der Waals surface area contributed by atoms with Crippen molar-refractivity contribution >= 4 is 5.78 Å². The van der Waals surface area contributed by atoms with Crippen molar-refractivity contribution in [2.24, 2.45) is 0 Å². The first-order chi connectivity index (χ1) is 8.27. The Kier molecular flexibility index (Phi) is 2.30. The van der Waals surface area contributed by atoms with Gasteiger partial charge in [0.2, 0.25) is 11.6 Å². The Morgan fingerprint density at radius 1 is 1.11 bits per heavy atom. The molecule has 3 rings (SSSR count). The van der Waals surface area contributed by atoms with E-state index in [2.05, 4.69) is 0 Å². The third kappa shape index (κ3) is 1.81. The molecule has 0 saturated carbocycles. The molecule has 0 spiro atoms. The first-order valence-electron chi connectivity index (χ1n) is 5.89. The number of rotatable bonds is 1. The van der Waals surface area contributed by atoms with Crippen LogP contribution in [-0.2, 0) is 28.5 Å². The van der Waals surface area contributed by atoms with Gasteiger partial charge in [-0.15, -0.1) is 0 Å². The summed E-state index contributed by atoms with van der Waals surface area (Å²) in [5.74, 6) is -1.39. The first kappa shape index (κ1) is 12.0. The molecule has 100 valence electrons. The van der Waals surface area contributed by atoms with Gasteiger partial charge in [0.25, 0.3) is 0 Å². The second-order valence-corrected chi connectivity index (χ2v) is 5.48. The zero-order valence-corrected chi connectivity index (χ0v) is 10.8. The molecule has 0 unspecified atom stereocenters. The molecule has 3 heterocycles. The second-order valence-electron chi connectivity index (χ2n) is 5.48. The monoisotopic (exact) mass is 256 g/mol. The fourth-order valence-electron chi connectivity index (χ4n) is 2.23. The van der Waals surface area contributed by atoms with Gasteiger partial charge in [0.05, 0.1) is 0 Å². The van der Waals surface area contributed by atoms with Crippen molar-refractivity contribution < 1.29 is 28.5 Å². The third-order valence-electron chi connectivity index (χ3n) is 2.95. The maximum atomic E-state index is 12.2. The summed E-state index contributed by atoms with van der Waals surface area (Å²) in [5.41, 5.74) is 0. The van der Waals surface area contributed by atoms with Crippen molar-refractivity contribution in [2.75, 3.05) is 0 Å². The molecule has 18 heavy (non-hydrogen) atoms. The van der Waals surface area contributed by atoms with Gasteiger partial charge in [0, 0.05) is 13.8 Å². The van der Waals surface area contributed by atoms with E-state index in [-0.39, 0.29) is 5.78 Å². The van der Waals surface area contributed by atoms with E-state index < -0.39 is 30.1 Å². The van der Waals surface area contributed by atoms with Gasteiger partial charge >= 0.3 is 0 Å². The van der Waals surface area contributed by atoms with Crippen LogP contribution in [0.15, 0.2) is 12.0 Å². The molecular weight excluding hydrogens is 240 g/mol. The molecule has 0 aromatic heterocycles. The molecule has 6 nitrogen and oxygen atoms in total. The van der Waals surface area contributed by atoms with Crippen molar-refractivity contribution in [3.8, 4) is 0 Å². The highest BCUT2D eigenvalue weighted by molar-refractivity contribution is 5.92. The number of hydrogen-bond acceptors (Lipinski definition) is 6. The Bertz CT molecular complexity index is 424. The van der Waals surface area contributed by atoms with Crippen LogP contribution in [0.2, 0.25) is 0 Å². The molecule has 0 amide bonds. The SMILES string of the molecule is CC1(C)OC=C([C@H]2O[C@@H]3OC(C)(C)O[C@@H]3C2=O)O1. The van der Waals surface area contributed by atoms with Gasteiger partial charge < -0.3 is 23.7 Å². The van der Waals surface area contributed by atoms with Gasteiger partial charge in [-0.05, 0) is 13.8 Å². The average molecular weight is 256 g/mol. The first-order valence-corrected chi connectivity index (χ1v) is 5.89. The molecule has 0 N–H and O–H groups in total. The van der Waals surface area contributed by atoms with Crippen LogP contribution in [-0.4, -0.2) is 35.9 Å². The van der Waals surface area contributed by atoms with Gasteiger partial charge in [0.1, 0.15) is 6.26 Å². The summed E-state index contributed by atoms with van der Waals surface area (Å²) in [4.78, 5) is 12.2. The highest BCUT2D eigenvalue weighted by atomic mass is 16.8. The molecule has 0 aromatic rings. The summed E-state index contributed by atoms with van der Waals surface area (Å²) >= 11 is 0. The van der Waals surface area contributed by atoms with E-state index in [0.717, 1.165) is 0 Å². The lowest BCUT2D eigenvalue weighted by Crippen LogP contribution is -2.32. The Hall–Kier alpha value is -1.11. The van der Waals surface area contributed by atoms with Crippen LogP contribution in [0, 0.1) is 0 Å². The summed E-state index contributed by atoms with van der Waals surface area (Å²) in [6.07, 6.45) is -0.767. The topological polar surface area (TPSA) is 63.2 Å². The maximum Gasteiger partial charge on any atom is 0.244 e. The quantitative estimate of drug-likeness (QED) is 0.699. The van der Waals surface area contributed by atoms with Gasteiger partial charge in [-0.2, -0.15) is 0 Å².